The molecule has 1 fully saturated rings. The van der Waals surface area contributed by atoms with E-state index < -0.39 is 65.5 Å². The summed E-state index contributed by atoms with van der Waals surface area (Å²) in [5.74, 6) is -0.423. The molecule has 0 radical (unpaired) electrons. The molecule has 0 saturated carbocycles. The molecule has 3 heterocycles. The highest BCUT2D eigenvalue weighted by Gasteiger charge is 2.49. The number of carbonyl (C=O) groups excluding carboxylic acids is 2. The Balaban J connectivity index is 1.44. The number of para-hydroxylation sites is 1. The van der Waals surface area contributed by atoms with E-state index in [2.05, 4.69) is 51.3 Å². The number of nitrogen functional groups attached to an aromatic ring is 1. The fraction of sp³-hybridized carbons (Fsp3) is 0.381. The number of hydrogen-bond acceptors (Lipinski definition) is 16. The van der Waals surface area contributed by atoms with Gasteiger partial charge in [0.15, 0.2) is 23.8 Å². The lowest BCUT2D eigenvalue weighted by Crippen LogP contribution is -2.42. The quantitative estimate of drug-likeness (QED) is 0.0755. The van der Waals surface area contributed by atoms with Crippen LogP contribution in [0.2, 0.25) is 0 Å². The van der Waals surface area contributed by atoms with Crippen molar-refractivity contribution >= 4 is 68.8 Å². The lowest BCUT2D eigenvalue weighted by molar-refractivity contribution is -0.0508. The van der Waals surface area contributed by atoms with E-state index in [1.807, 2.05) is 0 Å². The SMILES string of the molecule is CNc1ccccc1C(=O)NCCNC(=O)O[C@H]1[C@@H](O)[C@H](n2cnc3c(N)ncnc32)O[C@@H]1COP(=O)(O)OP(=O)(O)OP(O)(O)=S. The number of phosphoric ester groups is 1. The molecular weight excluding hydrogens is 713 g/mol. The number of amides is 2. The Labute approximate surface area is 269 Å². The van der Waals surface area contributed by atoms with Crippen LogP contribution in [0.3, 0.4) is 0 Å². The Hall–Kier alpha value is -3.14. The summed E-state index contributed by atoms with van der Waals surface area (Å²) in [6.07, 6.45) is -5.11. The summed E-state index contributed by atoms with van der Waals surface area (Å²) < 4.78 is 49.1. The zero-order chi connectivity index (χ0) is 34.6. The molecule has 0 bridgehead atoms. The van der Waals surface area contributed by atoms with Crippen LogP contribution in [0.5, 0.6) is 0 Å². The second-order valence-electron chi connectivity index (χ2n) is 9.37. The predicted octanol–water partition coefficient (Wildman–Crippen LogP) is -0.307. The Bertz CT molecular complexity index is 1760. The normalized spacial score (nSPS) is 22.3. The van der Waals surface area contributed by atoms with Crippen molar-refractivity contribution in [3.8, 4) is 0 Å². The maximum Gasteiger partial charge on any atom is 0.488 e. The average Bonchev–Trinajstić information content (AvgIpc) is 3.53. The molecule has 26 heteroatoms. The van der Waals surface area contributed by atoms with Gasteiger partial charge in [-0.1, -0.05) is 12.1 Å². The van der Waals surface area contributed by atoms with Crippen LogP contribution < -0.4 is 21.7 Å². The minimum absolute atomic E-state index is 0.000148. The number of benzene rings is 1. The van der Waals surface area contributed by atoms with Crippen molar-refractivity contribution in [1.82, 2.24) is 30.2 Å². The van der Waals surface area contributed by atoms with Gasteiger partial charge in [0.05, 0.1) is 18.5 Å². The van der Waals surface area contributed by atoms with Gasteiger partial charge in [-0.05, 0) is 23.9 Å². The van der Waals surface area contributed by atoms with Crippen LogP contribution in [0.4, 0.5) is 16.3 Å². The van der Waals surface area contributed by atoms with Crippen molar-refractivity contribution in [3.05, 3.63) is 42.5 Å². The summed E-state index contributed by atoms with van der Waals surface area (Å²) in [4.78, 5) is 74.8. The molecule has 10 N–H and O–H groups in total. The van der Waals surface area contributed by atoms with Crippen LogP contribution in [-0.4, -0.2) is 101 Å². The highest BCUT2D eigenvalue weighted by atomic mass is 32.5. The first-order valence-electron chi connectivity index (χ1n) is 13.0. The molecule has 2 unspecified atom stereocenters. The van der Waals surface area contributed by atoms with Crippen molar-refractivity contribution < 1.29 is 66.0 Å². The summed E-state index contributed by atoms with van der Waals surface area (Å²) in [6.45, 7) is -5.99. The van der Waals surface area contributed by atoms with E-state index >= 15 is 0 Å². The van der Waals surface area contributed by atoms with Crippen molar-refractivity contribution in [3.63, 3.8) is 0 Å². The zero-order valence-corrected chi connectivity index (χ0v) is 27.4. The first-order chi connectivity index (χ1) is 22.0. The maximum atomic E-state index is 12.7. The molecule has 47 heavy (non-hydrogen) atoms. The number of aliphatic hydroxyl groups is 1. The van der Waals surface area contributed by atoms with Crippen LogP contribution in [0, 0.1) is 0 Å². The van der Waals surface area contributed by atoms with E-state index in [1.54, 1.807) is 31.3 Å². The molecule has 22 nitrogen and oxygen atoms in total. The van der Waals surface area contributed by atoms with Gasteiger partial charge in [-0.15, -0.1) is 0 Å². The van der Waals surface area contributed by atoms with Gasteiger partial charge in [-0.25, -0.2) is 33.2 Å². The first-order valence-corrected chi connectivity index (χ1v) is 18.7. The van der Waals surface area contributed by atoms with Crippen molar-refractivity contribution in [2.45, 2.75) is 24.5 Å². The number of rotatable bonds is 14. The van der Waals surface area contributed by atoms with Crippen molar-refractivity contribution in [2.75, 3.05) is 37.8 Å². The highest BCUT2D eigenvalue weighted by Crippen LogP contribution is 2.66. The molecule has 1 aromatic carbocycles. The molecule has 1 saturated heterocycles. The van der Waals surface area contributed by atoms with E-state index in [0.29, 0.717) is 11.3 Å². The van der Waals surface area contributed by atoms with Gasteiger partial charge in [-0.3, -0.25) is 13.9 Å². The number of anilines is 2. The number of imidazole rings is 1. The molecule has 4 rings (SSSR count). The summed E-state index contributed by atoms with van der Waals surface area (Å²) in [7, 11) is -9.51. The summed E-state index contributed by atoms with van der Waals surface area (Å²) in [5.41, 5.74) is 6.99. The Morgan fingerprint density at radius 2 is 1.77 bits per heavy atom. The number of fused-ring (bicyclic) bond motifs is 1. The lowest BCUT2D eigenvalue weighted by atomic mass is 10.1. The van der Waals surface area contributed by atoms with Gasteiger partial charge in [-0.2, -0.15) is 4.31 Å². The molecular formula is C21H29N8O14P3S. The monoisotopic (exact) mass is 742 g/mol. The Morgan fingerprint density at radius 3 is 2.47 bits per heavy atom. The van der Waals surface area contributed by atoms with Gasteiger partial charge in [0, 0.05) is 25.8 Å². The number of alkyl carbamates (subject to hydrolysis) is 1. The standard InChI is InChI=1S/C21H29N8O14P3S/c1-23-12-5-3-2-4-11(12)19(31)24-6-7-25-21(32)41-16-13(8-39-44(33,34)42-45(35,36)43-46(37,38)47)40-20(15(16)30)29-10-28-14-17(22)26-9-27-18(14)29/h2-5,9-10,13,15-16,20,23,30H,6-8H2,1H3,(H,24,31)(H,25,32)(H,33,34)(H,35,36)(H2,22,26,27)(H2,37,38,47)/t13-,15-,16-,20-/m1/s1. The van der Waals surface area contributed by atoms with Crippen molar-refractivity contribution in [2.24, 2.45) is 0 Å². The number of nitrogens with one attached hydrogen (secondary N) is 3. The number of nitrogens with zero attached hydrogens (tertiary/aromatic N) is 4. The lowest BCUT2D eigenvalue weighted by Gasteiger charge is -2.22. The number of nitrogens with two attached hydrogens (primary N) is 1. The van der Waals surface area contributed by atoms with Gasteiger partial charge in [0.25, 0.3) is 5.91 Å². The highest BCUT2D eigenvalue weighted by molar-refractivity contribution is 8.08. The number of hydrogen-bond donors (Lipinski definition) is 9. The molecule has 258 valence electrons. The third-order valence-corrected chi connectivity index (χ3v) is 10.6. The molecule has 6 atom stereocenters. The minimum atomic E-state index is -5.63. The fourth-order valence-corrected chi connectivity index (χ4v) is 8.04. The van der Waals surface area contributed by atoms with Crippen LogP contribution in [0.1, 0.15) is 16.6 Å². The molecule has 1 aliphatic heterocycles. The molecule has 0 spiro atoms. The van der Waals surface area contributed by atoms with Crippen LogP contribution in [-0.2, 0) is 43.6 Å². The van der Waals surface area contributed by atoms with Gasteiger partial charge in [0.1, 0.15) is 24.1 Å². The molecule has 0 aliphatic carbocycles. The number of aliphatic hydroxyl groups excluding tert-OH is 1. The Morgan fingerprint density at radius 1 is 1.06 bits per heavy atom. The van der Waals surface area contributed by atoms with E-state index in [-0.39, 0.29) is 30.1 Å². The minimum Gasteiger partial charge on any atom is -0.440 e. The first kappa shape index (κ1) is 36.7. The van der Waals surface area contributed by atoms with E-state index in [9.17, 15) is 33.6 Å². The van der Waals surface area contributed by atoms with E-state index in [1.165, 1.54) is 10.9 Å². The smallest absolute Gasteiger partial charge is 0.440 e. The third kappa shape index (κ3) is 9.71. The topological polar surface area (TPSA) is 321 Å². The summed E-state index contributed by atoms with van der Waals surface area (Å²) in [5, 5.41) is 19.0. The van der Waals surface area contributed by atoms with Gasteiger partial charge < -0.3 is 55.8 Å². The number of aromatic nitrogens is 4. The van der Waals surface area contributed by atoms with Crippen LogP contribution in [0.15, 0.2) is 36.9 Å². The largest absolute Gasteiger partial charge is 0.488 e. The second kappa shape index (κ2) is 15.0. The van der Waals surface area contributed by atoms with E-state index in [0.717, 1.165) is 6.33 Å². The van der Waals surface area contributed by atoms with E-state index in [4.69, 9.17) is 29.5 Å². The van der Waals surface area contributed by atoms with Gasteiger partial charge in [0.2, 0.25) is 0 Å². The number of ether oxygens (including phenoxy) is 2. The Kier molecular flexibility index (Phi) is 11.7. The number of phosphoric acid groups is 2. The zero-order valence-electron chi connectivity index (χ0n) is 23.9. The molecule has 1 aliphatic rings. The summed E-state index contributed by atoms with van der Waals surface area (Å²) >= 11 is 4.05. The van der Waals surface area contributed by atoms with Crippen LogP contribution >= 0.6 is 22.4 Å². The average molecular weight is 742 g/mol. The molecule has 3 aromatic rings. The molecule has 2 aromatic heterocycles. The number of carbonyl (C=O) groups is 2. The third-order valence-electron chi connectivity index (χ3n) is 6.15. The fourth-order valence-electron chi connectivity index (χ4n) is 4.26. The second-order valence-corrected chi connectivity index (χ2v) is 15.2. The van der Waals surface area contributed by atoms with Crippen molar-refractivity contribution in [1.29, 1.82) is 0 Å². The summed E-state index contributed by atoms with van der Waals surface area (Å²) in [6, 6.07) is 6.73. The maximum absolute atomic E-state index is 12.7. The van der Waals surface area contributed by atoms with Gasteiger partial charge >= 0.3 is 28.5 Å². The van der Waals surface area contributed by atoms with Crippen LogP contribution in [0.25, 0.3) is 11.2 Å². The predicted molar refractivity (Wildman–Crippen MR) is 163 cm³/mol. The molecule has 2 amide bonds.